The maximum absolute atomic E-state index is 11.4. The van der Waals surface area contributed by atoms with E-state index in [1.807, 2.05) is 0 Å². The highest BCUT2D eigenvalue weighted by molar-refractivity contribution is 5.74. The van der Waals surface area contributed by atoms with Gasteiger partial charge in [0.15, 0.2) is 0 Å². The quantitative estimate of drug-likeness (QED) is 0.571. The van der Waals surface area contributed by atoms with Crippen molar-refractivity contribution in [2.75, 3.05) is 0 Å². The van der Waals surface area contributed by atoms with Gasteiger partial charge in [0.1, 0.15) is 0 Å². The summed E-state index contributed by atoms with van der Waals surface area (Å²) in [5, 5.41) is 9.36. The van der Waals surface area contributed by atoms with Gasteiger partial charge in [-0.15, -0.1) is 11.8 Å². The summed E-state index contributed by atoms with van der Waals surface area (Å²) in [4.78, 5) is 11.4. The fourth-order valence-electron chi connectivity index (χ4n) is 2.40. The van der Waals surface area contributed by atoms with Gasteiger partial charge in [0.2, 0.25) is 0 Å². The molecule has 1 fully saturated rings. The summed E-state index contributed by atoms with van der Waals surface area (Å²) >= 11 is 0. The van der Waals surface area contributed by atoms with Crippen molar-refractivity contribution >= 4 is 5.97 Å². The zero-order valence-corrected chi connectivity index (χ0v) is 9.51. The number of hydrogen-bond donors (Lipinski definition) is 1. The third kappa shape index (κ3) is 3.27. The van der Waals surface area contributed by atoms with Crippen molar-refractivity contribution in [2.24, 2.45) is 5.41 Å². The number of hydrogen-bond acceptors (Lipinski definition) is 1. The Hall–Kier alpha value is -0.970. The summed E-state index contributed by atoms with van der Waals surface area (Å²) in [5.41, 5.74) is -0.472. The van der Waals surface area contributed by atoms with Crippen molar-refractivity contribution in [1.29, 1.82) is 0 Å². The molecule has 0 spiro atoms. The molecule has 0 aliphatic heterocycles. The lowest BCUT2D eigenvalue weighted by molar-refractivity contribution is -0.150. The molecule has 84 valence electrons. The minimum Gasteiger partial charge on any atom is -0.481 e. The average Bonchev–Trinajstić information content (AvgIpc) is 2.45. The summed E-state index contributed by atoms with van der Waals surface area (Å²) in [5.74, 6) is 5.21. The molecule has 0 amide bonds. The Bertz CT molecular complexity index is 262. The highest BCUT2D eigenvalue weighted by Gasteiger charge is 2.37. The molecule has 0 heterocycles. The predicted octanol–water partition coefficient (Wildman–Crippen LogP) is 3.22. The average molecular weight is 208 g/mol. The molecule has 0 aromatic rings. The van der Waals surface area contributed by atoms with Crippen molar-refractivity contribution in [3.63, 3.8) is 0 Å². The number of carbonyl (C=O) groups is 1. The van der Waals surface area contributed by atoms with E-state index in [9.17, 15) is 9.90 Å². The molecule has 1 aliphatic rings. The largest absolute Gasteiger partial charge is 0.481 e. The van der Waals surface area contributed by atoms with Gasteiger partial charge in [0.05, 0.1) is 5.41 Å². The fourth-order valence-corrected chi connectivity index (χ4v) is 2.40. The van der Waals surface area contributed by atoms with Crippen molar-refractivity contribution in [2.45, 2.75) is 58.3 Å². The van der Waals surface area contributed by atoms with Crippen molar-refractivity contribution in [3.8, 4) is 11.8 Å². The van der Waals surface area contributed by atoms with Gasteiger partial charge in [0, 0.05) is 6.42 Å². The highest BCUT2D eigenvalue weighted by Crippen LogP contribution is 2.39. The Morgan fingerprint density at radius 3 is 2.33 bits per heavy atom. The Balaban J connectivity index is 2.65. The van der Waals surface area contributed by atoms with Crippen LogP contribution in [0.5, 0.6) is 0 Å². The molecule has 0 saturated heterocycles. The van der Waals surface area contributed by atoms with Crippen molar-refractivity contribution in [1.82, 2.24) is 0 Å². The molecule has 1 aliphatic carbocycles. The molecule has 0 atom stereocenters. The van der Waals surface area contributed by atoms with Gasteiger partial charge in [-0.05, 0) is 26.2 Å². The van der Waals surface area contributed by atoms with Crippen LogP contribution in [0.1, 0.15) is 58.3 Å². The molecule has 0 bridgehead atoms. The topological polar surface area (TPSA) is 37.3 Å². The minimum absolute atomic E-state index is 0.472. The first kappa shape index (κ1) is 12.1. The number of aliphatic carboxylic acids is 1. The maximum Gasteiger partial charge on any atom is 0.309 e. The van der Waals surface area contributed by atoms with Gasteiger partial charge in [-0.3, -0.25) is 4.79 Å². The van der Waals surface area contributed by atoms with Crippen molar-refractivity contribution in [3.05, 3.63) is 0 Å². The second kappa shape index (κ2) is 5.80. The van der Waals surface area contributed by atoms with Crippen LogP contribution in [0.25, 0.3) is 0 Å². The van der Waals surface area contributed by atoms with Crippen LogP contribution in [0.4, 0.5) is 0 Å². The molecule has 1 saturated carbocycles. The highest BCUT2D eigenvalue weighted by atomic mass is 16.4. The minimum atomic E-state index is -0.609. The van der Waals surface area contributed by atoms with Crippen LogP contribution in [0.2, 0.25) is 0 Å². The standard InChI is InChI=1S/C13H20O2/c1-2-3-6-9-13(12(14)15)10-7-4-5-8-11-13/h4-11H2,1H3,(H,14,15). The molecule has 1 N–H and O–H groups in total. The van der Waals surface area contributed by atoms with Gasteiger partial charge < -0.3 is 5.11 Å². The molecule has 0 radical (unpaired) electrons. The molecule has 0 aromatic heterocycles. The molecule has 1 rings (SSSR count). The Morgan fingerprint density at radius 2 is 1.87 bits per heavy atom. The van der Waals surface area contributed by atoms with Crippen molar-refractivity contribution < 1.29 is 9.90 Å². The Labute approximate surface area is 92.1 Å². The van der Waals surface area contributed by atoms with Gasteiger partial charge in [-0.1, -0.05) is 25.7 Å². The lowest BCUT2D eigenvalue weighted by atomic mass is 9.76. The lowest BCUT2D eigenvalue weighted by Gasteiger charge is -2.27. The van der Waals surface area contributed by atoms with E-state index < -0.39 is 11.4 Å². The number of rotatable bonds is 3. The van der Waals surface area contributed by atoms with Crippen LogP contribution in [-0.2, 0) is 4.79 Å². The molecular weight excluding hydrogens is 188 g/mol. The first-order valence-electron chi connectivity index (χ1n) is 5.84. The lowest BCUT2D eigenvalue weighted by Crippen LogP contribution is -2.30. The SMILES string of the molecule is CC#CCCC1(C(=O)O)CCCCCC1. The summed E-state index contributed by atoms with van der Waals surface area (Å²) in [6.45, 7) is 1.81. The van der Waals surface area contributed by atoms with Crippen LogP contribution >= 0.6 is 0 Å². The zero-order chi connectivity index (χ0) is 11.1. The van der Waals surface area contributed by atoms with E-state index in [1.165, 1.54) is 12.8 Å². The van der Waals surface area contributed by atoms with Crippen LogP contribution in [0, 0.1) is 17.3 Å². The third-order valence-electron chi connectivity index (χ3n) is 3.42. The first-order chi connectivity index (χ1) is 7.21. The molecular formula is C13H20O2. The van der Waals surface area contributed by atoms with E-state index in [0.29, 0.717) is 0 Å². The monoisotopic (exact) mass is 208 g/mol. The van der Waals surface area contributed by atoms with Gasteiger partial charge in [-0.2, -0.15) is 0 Å². The molecule has 0 aromatic carbocycles. The second-order valence-electron chi connectivity index (χ2n) is 4.43. The van der Waals surface area contributed by atoms with E-state index in [0.717, 1.165) is 38.5 Å². The summed E-state index contributed by atoms with van der Waals surface area (Å²) in [7, 11) is 0. The van der Waals surface area contributed by atoms with Crippen LogP contribution in [0.3, 0.4) is 0 Å². The predicted molar refractivity (Wildman–Crippen MR) is 60.5 cm³/mol. The Kier molecular flexibility index (Phi) is 4.68. The smallest absolute Gasteiger partial charge is 0.309 e. The summed E-state index contributed by atoms with van der Waals surface area (Å²) in [6.07, 6.45) is 7.63. The molecule has 2 heteroatoms. The first-order valence-corrected chi connectivity index (χ1v) is 5.84. The summed E-state index contributed by atoms with van der Waals surface area (Å²) in [6, 6.07) is 0. The third-order valence-corrected chi connectivity index (χ3v) is 3.42. The van der Waals surface area contributed by atoms with E-state index in [4.69, 9.17) is 0 Å². The molecule has 15 heavy (non-hydrogen) atoms. The van der Waals surface area contributed by atoms with Gasteiger partial charge in [-0.25, -0.2) is 0 Å². The van der Waals surface area contributed by atoms with Gasteiger partial charge in [0.25, 0.3) is 0 Å². The molecule has 0 unspecified atom stereocenters. The number of carboxylic acid groups (broad SMARTS) is 1. The zero-order valence-electron chi connectivity index (χ0n) is 9.51. The normalized spacial score (nSPS) is 19.8. The van der Waals surface area contributed by atoms with Crippen LogP contribution in [-0.4, -0.2) is 11.1 Å². The fraction of sp³-hybridized carbons (Fsp3) is 0.769. The maximum atomic E-state index is 11.4. The van der Waals surface area contributed by atoms with E-state index in [-0.39, 0.29) is 0 Å². The van der Waals surface area contributed by atoms with E-state index >= 15 is 0 Å². The second-order valence-corrected chi connectivity index (χ2v) is 4.43. The van der Waals surface area contributed by atoms with Crippen LogP contribution in [0.15, 0.2) is 0 Å². The van der Waals surface area contributed by atoms with E-state index in [1.54, 1.807) is 6.92 Å². The Morgan fingerprint density at radius 1 is 1.27 bits per heavy atom. The number of carboxylic acids is 1. The van der Waals surface area contributed by atoms with E-state index in [2.05, 4.69) is 11.8 Å². The summed E-state index contributed by atoms with van der Waals surface area (Å²) < 4.78 is 0. The van der Waals surface area contributed by atoms with Gasteiger partial charge >= 0.3 is 5.97 Å². The van der Waals surface area contributed by atoms with Crippen LogP contribution < -0.4 is 0 Å². The molecule has 2 nitrogen and oxygen atoms in total.